The molecule has 0 radical (unpaired) electrons. The number of anilines is 1. The molecule has 0 bridgehead atoms. The molecule has 142 valence electrons. The number of hydrogen-bond acceptors (Lipinski definition) is 6. The molecule has 1 aromatic carbocycles. The number of rotatable bonds is 8. The summed E-state index contributed by atoms with van der Waals surface area (Å²) in [7, 11) is 3.92. The number of nitrogens with two attached hydrogens (primary N) is 1. The van der Waals surface area contributed by atoms with Crippen molar-refractivity contribution in [2.75, 3.05) is 52.6 Å². The van der Waals surface area contributed by atoms with Crippen molar-refractivity contribution in [2.24, 2.45) is 0 Å². The van der Waals surface area contributed by atoms with Gasteiger partial charge in [-0.2, -0.15) is 0 Å². The number of nitrogen functional groups attached to an aromatic ring is 1. The molecule has 6 nitrogen and oxygen atoms in total. The maximum atomic E-state index is 5.94. The molecular weight excluding hydrogens is 326 g/mol. The van der Waals surface area contributed by atoms with E-state index in [0.717, 1.165) is 23.1 Å². The Morgan fingerprint density at radius 1 is 1.04 bits per heavy atom. The maximum Gasteiger partial charge on any atom is 0.134 e. The second-order valence-corrected chi connectivity index (χ2v) is 7.25. The summed E-state index contributed by atoms with van der Waals surface area (Å²) in [6, 6.07) is 4.06. The monoisotopic (exact) mass is 357 g/mol. The van der Waals surface area contributed by atoms with Gasteiger partial charge in [0, 0.05) is 31.6 Å². The number of hydrogen-bond donors (Lipinski definition) is 1. The number of benzene rings is 1. The largest absolute Gasteiger partial charge is 0.496 e. The van der Waals surface area contributed by atoms with E-state index in [9.17, 15) is 0 Å². The molecule has 2 aromatic rings. The minimum atomic E-state index is 0.503. The van der Waals surface area contributed by atoms with Crippen LogP contribution in [0.5, 0.6) is 5.75 Å². The van der Waals surface area contributed by atoms with Crippen molar-refractivity contribution < 1.29 is 4.74 Å². The zero-order chi connectivity index (χ0) is 18.4. The molecule has 3 rings (SSSR count). The highest BCUT2D eigenvalue weighted by atomic mass is 16.5. The summed E-state index contributed by atoms with van der Waals surface area (Å²) < 4.78 is 5.55. The summed E-state index contributed by atoms with van der Waals surface area (Å²) >= 11 is 0. The van der Waals surface area contributed by atoms with Crippen molar-refractivity contribution >= 4 is 16.7 Å². The number of aromatic nitrogens is 2. The molecule has 1 aliphatic heterocycles. The van der Waals surface area contributed by atoms with Crippen LogP contribution in [-0.4, -0.2) is 66.6 Å². The van der Waals surface area contributed by atoms with E-state index in [1.807, 2.05) is 6.07 Å². The summed E-state index contributed by atoms with van der Waals surface area (Å²) in [6.07, 6.45) is 7.54. The van der Waals surface area contributed by atoms with Crippen LogP contribution in [0, 0.1) is 0 Å². The summed E-state index contributed by atoms with van der Waals surface area (Å²) in [5.41, 5.74) is 8.04. The zero-order valence-electron chi connectivity index (χ0n) is 16.1. The van der Waals surface area contributed by atoms with Gasteiger partial charge in [-0.3, -0.25) is 0 Å². The lowest BCUT2D eigenvalue weighted by Crippen LogP contribution is -2.44. The van der Waals surface area contributed by atoms with Crippen LogP contribution >= 0.6 is 0 Å². The lowest BCUT2D eigenvalue weighted by Gasteiger charge is -2.32. The first kappa shape index (κ1) is 18.9. The Kier molecular flexibility index (Phi) is 6.63. The number of ether oxygens (including phenoxy) is 1. The molecule has 6 heteroatoms. The van der Waals surface area contributed by atoms with Gasteiger partial charge in [0.05, 0.1) is 12.6 Å². The number of nitrogens with zero attached hydrogens (tertiary/aromatic N) is 4. The third kappa shape index (κ3) is 4.83. The van der Waals surface area contributed by atoms with E-state index in [1.54, 1.807) is 7.11 Å². The standard InChI is InChI=1S/C20H31N5O/c1-24-9-11-25(12-10-24)8-6-4-3-5-7-16-13-18-17(14-19(16)26-2)20(21)23-15-22-18/h13-15H,3-12H2,1-2H3,(H2,21,22,23). The number of piperazine rings is 1. The smallest absolute Gasteiger partial charge is 0.134 e. The Balaban J connectivity index is 1.44. The molecule has 0 amide bonds. The lowest BCUT2D eigenvalue weighted by atomic mass is 10.0. The van der Waals surface area contributed by atoms with E-state index >= 15 is 0 Å². The van der Waals surface area contributed by atoms with Gasteiger partial charge in [-0.25, -0.2) is 9.97 Å². The minimum absolute atomic E-state index is 0.503. The molecule has 2 N–H and O–H groups in total. The van der Waals surface area contributed by atoms with Gasteiger partial charge >= 0.3 is 0 Å². The first-order valence-corrected chi connectivity index (χ1v) is 9.65. The third-order valence-corrected chi connectivity index (χ3v) is 5.33. The number of likely N-dealkylation sites (N-methyl/N-ethyl adjacent to an activating group) is 1. The van der Waals surface area contributed by atoms with E-state index in [2.05, 4.69) is 32.9 Å². The van der Waals surface area contributed by atoms with Crippen LogP contribution in [0.2, 0.25) is 0 Å². The molecule has 0 saturated carbocycles. The first-order chi connectivity index (χ1) is 12.7. The molecule has 26 heavy (non-hydrogen) atoms. The Morgan fingerprint density at radius 2 is 1.81 bits per heavy atom. The predicted octanol–water partition coefficient (Wildman–Crippen LogP) is 2.57. The van der Waals surface area contributed by atoms with Crippen molar-refractivity contribution in [3.63, 3.8) is 0 Å². The molecule has 0 aliphatic carbocycles. The maximum absolute atomic E-state index is 5.94. The minimum Gasteiger partial charge on any atom is -0.496 e. The van der Waals surface area contributed by atoms with E-state index in [-0.39, 0.29) is 0 Å². The first-order valence-electron chi connectivity index (χ1n) is 9.65. The van der Waals surface area contributed by atoms with Crippen LogP contribution in [0.3, 0.4) is 0 Å². The van der Waals surface area contributed by atoms with Crippen LogP contribution in [0.4, 0.5) is 5.82 Å². The second-order valence-electron chi connectivity index (χ2n) is 7.25. The fourth-order valence-corrected chi connectivity index (χ4v) is 3.61. The second kappa shape index (κ2) is 9.14. The van der Waals surface area contributed by atoms with Gasteiger partial charge in [-0.05, 0) is 50.6 Å². The predicted molar refractivity (Wildman–Crippen MR) is 107 cm³/mol. The Morgan fingerprint density at radius 3 is 2.58 bits per heavy atom. The van der Waals surface area contributed by atoms with E-state index in [4.69, 9.17) is 10.5 Å². The molecule has 0 unspecified atom stereocenters. The molecule has 1 aromatic heterocycles. The van der Waals surface area contributed by atoms with Crippen LogP contribution < -0.4 is 10.5 Å². The Hall–Kier alpha value is -1.92. The molecule has 1 fully saturated rings. The Bertz CT molecular complexity index is 713. The van der Waals surface area contributed by atoms with Gasteiger partial charge in [0.15, 0.2) is 0 Å². The van der Waals surface area contributed by atoms with E-state index in [0.29, 0.717) is 5.82 Å². The van der Waals surface area contributed by atoms with Gasteiger partial charge in [0.25, 0.3) is 0 Å². The molecule has 1 saturated heterocycles. The van der Waals surface area contributed by atoms with Gasteiger partial charge in [0.1, 0.15) is 17.9 Å². The number of fused-ring (bicyclic) bond motifs is 1. The van der Waals surface area contributed by atoms with Crippen LogP contribution in [0.1, 0.15) is 31.2 Å². The highest BCUT2D eigenvalue weighted by Crippen LogP contribution is 2.28. The summed E-state index contributed by atoms with van der Waals surface area (Å²) in [5.74, 6) is 1.39. The highest BCUT2D eigenvalue weighted by Gasteiger charge is 2.13. The number of aryl methyl sites for hydroxylation is 1. The van der Waals surface area contributed by atoms with Crippen molar-refractivity contribution in [1.29, 1.82) is 0 Å². The molecule has 1 aliphatic rings. The van der Waals surface area contributed by atoms with Gasteiger partial charge in [-0.15, -0.1) is 0 Å². The third-order valence-electron chi connectivity index (χ3n) is 5.33. The van der Waals surface area contributed by atoms with Crippen LogP contribution in [-0.2, 0) is 6.42 Å². The fourth-order valence-electron chi connectivity index (χ4n) is 3.61. The van der Waals surface area contributed by atoms with Crippen molar-refractivity contribution in [2.45, 2.75) is 32.1 Å². The number of unbranched alkanes of at least 4 members (excludes halogenated alkanes) is 3. The molecular formula is C20H31N5O. The quantitative estimate of drug-likeness (QED) is 0.733. The molecule has 0 atom stereocenters. The topological polar surface area (TPSA) is 67.5 Å². The van der Waals surface area contributed by atoms with Crippen molar-refractivity contribution in [3.05, 3.63) is 24.0 Å². The Labute approximate surface area is 156 Å². The molecule has 2 heterocycles. The fraction of sp³-hybridized carbons (Fsp3) is 0.600. The van der Waals surface area contributed by atoms with Crippen molar-refractivity contribution in [1.82, 2.24) is 19.8 Å². The summed E-state index contributed by atoms with van der Waals surface area (Å²) in [6.45, 7) is 6.08. The average molecular weight is 358 g/mol. The molecule has 0 spiro atoms. The summed E-state index contributed by atoms with van der Waals surface area (Å²) in [5, 5.41) is 0.861. The van der Waals surface area contributed by atoms with Crippen molar-refractivity contribution in [3.8, 4) is 5.75 Å². The lowest BCUT2D eigenvalue weighted by molar-refractivity contribution is 0.152. The highest BCUT2D eigenvalue weighted by molar-refractivity contribution is 5.89. The average Bonchev–Trinajstić information content (AvgIpc) is 2.65. The SMILES string of the molecule is COc1cc2c(N)ncnc2cc1CCCCCCN1CCN(C)CC1. The zero-order valence-corrected chi connectivity index (χ0v) is 16.1. The number of methoxy groups -OCH3 is 1. The van der Waals surface area contributed by atoms with E-state index in [1.165, 1.54) is 70.3 Å². The van der Waals surface area contributed by atoms with Gasteiger partial charge in [0.2, 0.25) is 0 Å². The van der Waals surface area contributed by atoms with Crippen LogP contribution in [0.15, 0.2) is 18.5 Å². The van der Waals surface area contributed by atoms with Gasteiger partial charge in [-0.1, -0.05) is 12.8 Å². The summed E-state index contributed by atoms with van der Waals surface area (Å²) in [4.78, 5) is 13.4. The van der Waals surface area contributed by atoms with E-state index < -0.39 is 0 Å². The van der Waals surface area contributed by atoms with Crippen LogP contribution in [0.25, 0.3) is 10.9 Å². The van der Waals surface area contributed by atoms with Gasteiger partial charge < -0.3 is 20.3 Å². The normalized spacial score (nSPS) is 16.2.